The summed E-state index contributed by atoms with van der Waals surface area (Å²) in [5.41, 5.74) is 2.35. The molecule has 1 fully saturated rings. The predicted molar refractivity (Wildman–Crippen MR) is 129 cm³/mol. The third kappa shape index (κ3) is 6.78. The van der Waals surface area contributed by atoms with Gasteiger partial charge in [-0.1, -0.05) is 44.5 Å². The molecule has 1 saturated heterocycles. The molecule has 1 aliphatic heterocycles. The van der Waals surface area contributed by atoms with Gasteiger partial charge in [-0.25, -0.2) is 13.2 Å². The van der Waals surface area contributed by atoms with E-state index in [-0.39, 0.29) is 6.03 Å². The number of carbonyl (C=O) groups is 1. The smallest absolute Gasteiger partial charge is 0.315 e. The van der Waals surface area contributed by atoms with Gasteiger partial charge in [0.15, 0.2) is 0 Å². The molecule has 176 valence electrons. The Bertz CT molecular complexity index is 963. The molecular formula is C23H34N4O3S2. The lowest BCUT2D eigenvalue weighted by atomic mass is 10.1. The van der Waals surface area contributed by atoms with E-state index in [9.17, 15) is 13.2 Å². The van der Waals surface area contributed by atoms with Crippen molar-refractivity contribution in [1.29, 1.82) is 0 Å². The minimum absolute atomic E-state index is 0.274. The topological polar surface area (TPSA) is 81.8 Å². The number of piperidine rings is 1. The van der Waals surface area contributed by atoms with Crippen LogP contribution in [0.2, 0.25) is 0 Å². The van der Waals surface area contributed by atoms with E-state index in [0.29, 0.717) is 30.4 Å². The number of carbonyl (C=O) groups excluding carboxylic acids is 1. The molecule has 0 aliphatic carbocycles. The van der Waals surface area contributed by atoms with E-state index < -0.39 is 10.0 Å². The predicted octanol–water partition coefficient (Wildman–Crippen LogP) is 3.76. The van der Waals surface area contributed by atoms with Crippen LogP contribution in [0.5, 0.6) is 0 Å². The Morgan fingerprint density at radius 1 is 0.938 bits per heavy atom. The fraction of sp³-hybridized carbons (Fsp3) is 0.522. The summed E-state index contributed by atoms with van der Waals surface area (Å²) in [6.45, 7) is 8.60. The first-order chi connectivity index (χ1) is 15.4. The van der Waals surface area contributed by atoms with Gasteiger partial charge in [0.1, 0.15) is 4.21 Å². The van der Waals surface area contributed by atoms with Gasteiger partial charge in [0.25, 0.3) is 10.0 Å². The summed E-state index contributed by atoms with van der Waals surface area (Å²) in [4.78, 5) is 15.5. The Morgan fingerprint density at radius 2 is 1.56 bits per heavy atom. The number of nitrogens with one attached hydrogen (secondary N) is 2. The minimum atomic E-state index is -3.46. The van der Waals surface area contributed by atoms with Crippen LogP contribution in [0.15, 0.2) is 40.6 Å². The zero-order chi connectivity index (χ0) is 23.0. The van der Waals surface area contributed by atoms with Gasteiger partial charge in [0.2, 0.25) is 0 Å². The molecule has 9 heteroatoms. The van der Waals surface area contributed by atoms with E-state index in [0.717, 1.165) is 17.0 Å². The zero-order valence-electron chi connectivity index (χ0n) is 19.0. The van der Waals surface area contributed by atoms with Crippen molar-refractivity contribution < 1.29 is 13.2 Å². The summed E-state index contributed by atoms with van der Waals surface area (Å²) >= 11 is 1.19. The normalized spacial score (nSPS) is 15.1. The summed E-state index contributed by atoms with van der Waals surface area (Å²) in [7, 11) is -3.46. The second-order valence-corrected chi connectivity index (χ2v) is 11.3. The molecule has 0 spiro atoms. The van der Waals surface area contributed by atoms with E-state index in [1.165, 1.54) is 53.6 Å². The Balaban J connectivity index is 1.43. The molecule has 7 nitrogen and oxygen atoms in total. The van der Waals surface area contributed by atoms with Crippen molar-refractivity contribution in [3.63, 3.8) is 0 Å². The summed E-state index contributed by atoms with van der Waals surface area (Å²) in [6.07, 6.45) is 3.91. The van der Waals surface area contributed by atoms with Crippen molar-refractivity contribution in [2.45, 2.75) is 57.0 Å². The first-order valence-electron chi connectivity index (χ1n) is 11.3. The number of rotatable bonds is 10. The van der Waals surface area contributed by atoms with Gasteiger partial charge in [0, 0.05) is 31.1 Å². The average Bonchev–Trinajstić information content (AvgIpc) is 3.29. The van der Waals surface area contributed by atoms with E-state index in [4.69, 9.17) is 0 Å². The number of urea groups is 1. The number of hydrogen-bond acceptors (Lipinski definition) is 5. The first-order valence-corrected chi connectivity index (χ1v) is 13.6. The fourth-order valence-electron chi connectivity index (χ4n) is 3.83. The number of hydrogen-bond donors (Lipinski definition) is 2. The first kappa shape index (κ1) is 24.7. The molecule has 2 N–H and O–H groups in total. The van der Waals surface area contributed by atoms with E-state index in [2.05, 4.69) is 39.8 Å². The highest BCUT2D eigenvalue weighted by Crippen LogP contribution is 2.24. The van der Waals surface area contributed by atoms with Gasteiger partial charge in [0.05, 0.1) is 6.54 Å². The molecule has 2 aromatic rings. The molecule has 1 aromatic carbocycles. The third-order valence-corrected chi connectivity index (χ3v) is 9.29. The summed E-state index contributed by atoms with van der Waals surface area (Å²) < 4.78 is 26.9. The Kier molecular flexibility index (Phi) is 9.10. The van der Waals surface area contributed by atoms with Crippen LogP contribution >= 0.6 is 11.3 Å². The van der Waals surface area contributed by atoms with Gasteiger partial charge in [-0.15, -0.1) is 11.3 Å². The zero-order valence-corrected chi connectivity index (χ0v) is 20.6. The van der Waals surface area contributed by atoms with E-state index in [1.54, 1.807) is 12.1 Å². The van der Waals surface area contributed by atoms with Crippen LogP contribution in [0.4, 0.5) is 4.79 Å². The van der Waals surface area contributed by atoms with Gasteiger partial charge in [-0.2, -0.15) is 4.31 Å². The van der Waals surface area contributed by atoms with Crippen LogP contribution in [0, 0.1) is 0 Å². The Labute approximate surface area is 195 Å². The SMILES string of the molecule is CCN(CC)S(=O)(=O)c1ccc(CNC(=O)NCc2ccc(CN3CCCCC3)cc2)s1. The molecule has 0 radical (unpaired) electrons. The second kappa shape index (κ2) is 11.8. The van der Waals surface area contributed by atoms with Crippen molar-refractivity contribution in [2.24, 2.45) is 0 Å². The second-order valence-electron chi connectivity index (χ2n) is 8.00. The van der Waals surface area contributed by atoms with Gasteiger partial charge < -0.3 is 10.6 Å². The quantitative estimate of drug-likeness (QED) is 0.545. The van der Waals surface area contributed by atoms with Crippen LogP contribution in [0.3, 0.4) is 0 Å². The Morgan fingerprint density at radius 3 is 2.22 bits per heavy atom. The van der Waals surface area contributed by atoms with Crippen molar-refractivity contribution >= 4 is 27.4 Å². The number of amides is 2. The molecule has 0 atom stereocenters. The molecule has 0 saturated carbocycles. The molecule has 3 rings (SSSR count). The number of sulfonamides is 1. The van der Waals surface area contributed by atoms with Crippen molar-refractivity contribution in [3.8, 4) is 0 Å². The van der Waals surface area contributed by atoms with E-state index in [1.807, 2.05) is 13.8 Å². The molecule has 2 amide bonds. The molecule has 1 aromatic heterocycles. The standard InChI is InChI=1S/C23H34N4O3S2/c1-3-27(4-2)32(29,30)22-13-12-21(31-22)17-25-23(28)24-16-19-8-10-20(11-9-19)18-26-14-6-5-7-15-26/h8-13H,3-7,14-18H2,1-2H3,(H2,24,25,28). The highest BCUT2D eigenvalue weighted by molar-refractivity contribution is 7.91. The van der Waals surface area contributed by atoms with Gasteiger partial charge >= 0.3 is 6.03 Å². The average molecular weight is 479 g/mol. The fourth-order valence-corrected chi connectivity index (χ4v) is 6.74. The maximum absolute atomic E-state index is 12.6. The van der Waals surface area contributed by atoms with Crippen molar-refractivity contribution in [3.05, 3.63) is 52.4 Å². The van der Waals surface area contributed by atoms with Crippen LogP contribution in [-0.2, 0) is 29.7 Å². The number of nitrogens with zero attached hydrogens (tertiary/aromatic N) is 2. The molecule has 0 unspecified atom stereocenters. The van der Waals surface area contributed by atoms with Crippen LogP contribution in [0.25, 0.3) is 0 Å². The molecule has 2 heterocycles. The van der Waals surface area contributed by atoms with Crippen LogP contribution in [0.1, 0.15) is 49.1 Å². The van der Waals surface area contributed by atoms with Crippen molar-refractivity contribution in [2.75, 3.05) is 26.2 Å². The lowest BCUT2D eigenvalue weighted by molar-refractivity contribution is 0.221. The monoisotopic (exact) mass is 478 g/mol. The summed E-state index contributed by atoms with van der Waals surface area (Å²) in [6, 6.07) is 11.5. The summed E-state index contributed by atoms with van der Waals surface area (Å²) in [5.74, 6) is 0. The maximum atomic E-state index is 12.6. The highest BCUT2D eigenvalue weighted by atomic mass is 32.2. The summed E-state index contributed by atoms with van der Waals surface area (Å²) in [5, 5.41) is 5.66. The van der Waals surface area contributed by atoms with Crippen LogP contribution in [-0.4, -0.2) is 49.8 Å². The largest absolute Gasteiger partial charge is 0.334 e. The molecule has 32 heavy (non-hydrogen) atoms. The lowest BCUT2D eigenvalue weighted by Gasteiger charge is -2.26. The number of likely N-dealkylation sites (tertiary alicyclic amines) is 1. The minimum Gasteiger partial charge on any atom is -0.334 e. The van der Waals surface area contributed by atoms with Crippen molar-refractivity contribution in [1.82, 2.24) is 19.8 Å². The number of thiophene rings is 1. The van der Waals surface area contributed by atoms with Gasteiger partial charge in [-0.05, 0) is 49.2 Å². The van der Waals surface area contributed by atoms with Gasteiger partial charge in [-0.3, -0.25) is 4.90 Å². The molecule has 1 aliphatic rings. The highest BCUT2D eigenvalue weighted by Gasteiger charge is 2.23. The molecular weight excluding hydrogens is 444 g/mol. The van der Waals surface area contributed by atoms with Crippen LogP contribution < -0.4 is 10.6 Å². The maximum Gasteiger partial charge on any atom is 0.315 e. The number of benzene rings is 1. The molecule has 0 bridgehead atoms. The van der Waals surface area contributed by atoms with E-state index >= 15 is 0 Å². The Hall–Kier alpha value is -1.94. The lowest BCUT2D eigenvalue weighted by Crippen LogP contribution is -2.34. The third-order valence-electron chi connectivity index (χ3n) is 5.69.